The number of carbonyl (C=O) groups is 1. The minimum atomic E-state index is -0.614. The minimum Gasteiger partial charge on any atom is -0.481 e. The quantitative estimate of drug-likeness (QED) is 0.717. The molecule has 0 radical (unpaired) electrons. The Balaban J connectivity index is 1.62. The number of nitrogens with zero attached hydrogens (tertiary/aromatic N) is 2. The number of carbonyl (C=O) groups excluding carboxylic acids is 1. The average Bonchev–Trinajstić information content (AvgIpc) is 3.25. The maximum absolute atomic E-state index is 12.8. The lowest BCUT2D eigenvalue weighted by Crippen LogP contribution is -2.31. The average molecular weight is 379 g/mol. The molecule has 0 fully saturated rings. The van der Waals surface area contributed by atoms with Crippen molar-refractivity contribution in [2.75, 3.05) is 5.32 Å². The maximum atomic E-state index is 12.8. The number of hydrogen-bond acceptors (Lipinski definition) is 4. The molecule has 5 nitrogen and oxygen atoms in total. The first-order chi connectivity index (χ1) is 13.1. The van der Waals surface area contributed by atoms with Gasteiger partial charge in [-0.1, -0.05) is 36.4 Å². The highest BCUT2D eigenvalue weighted by Crippen LogP contribution is 2.36. The van der Waals surface area contributed by atoms with Gasteiger partial charge in [-0.15, -0.1) is 0 Å². The van der Waals surface area contributed by atoms with Crippen LogP contribution in [0.5, 0.6) is 5.75 Å². The predicted octanol–water partition coefficient (Wildman–Crippen LogP) is 4.33. The van der Waals surface area contributed by atoms with Crippen LogP contribution in [0.4, 0.5) is 5.82 Å². The number of nitrogens with one attached hydrogen (secondary N) is 1. The third-order valence-electron chi connectivity index (χ3n) is 4.56. The van der Waals surface area contributed by atoms with Crippen molar-refractivity contribution in [1.82, 2.24) is 9.78 Å². The summed E-state index contributed by atoms with van der Waals surface area (Å²) in [4.78, 5) is 12.8. The second-order valence-corrected chi connectivity index (χ2v) is 7.51. The van der Waals surface area contributed by atoms with Crippen molar-refractivity contribution < 1.29 is 9.53 Å². The van der Waals surface area contributed by atoms with E-state index in [4.69, 9.17) is 9.84 Å². The zero-order valence-electron chi connectivity index (χ0n) is 15.3. The molecule has 0 bridgehead atoms. The van der Waals surface area contributed by atoms with Gasteiger partial charge < -0.3 is 10.1 Å². The van der Waals surface area contributed by atoms with Gasteiger partial charge in [0, 0.05) is 17.1 Å². The van der Waals surface area contributed by atoms with Crippen LogP contribution in [0.3, 0.4) is 0 Å². The number of amides is 1. The number of aryl methyl sites for hydroxylation is 1. The number of thioether (sulfide) groups is 1. The van der Waals surface area contributed by atoms with E-state index in [-0.39, 0.29) is 5.91 Å². The molecule has 138 valence electrons. The SMILES string of the molecule is Cc1ccccc1-n1nc2c(c1NC(=O)[C@@H](C)Oc1ccccc1)CSC2. The molecule has 27 heavy (non-hydrogen) atoms. The van der Waals surface area contributed by atoms with Crippen molar-refractivity contribution in [1.29, 1.82) is 0 Å². The molecule has 3 aromatic rings. The van der Waals surface area contributed by atoms with Gasteiger partial charge in [-0.05, 0) is 37.6 Å². The van der Waals surface area contributed by atoms with Crippen LogP contribution in [0.15, 0.2) is 54.6 Å². The molecule has 1 aliphatic heterocycles. The molecule has 1 aliphatic rings. The van der Waals surface area contributed by atoms with Gasteiger partial charge in [-0.25, -0.2) is 4.68 Å². The molecule has 1 N–H and O–H groups in total. The summed E-state index contributed by atoms with van der Waals surface area (Å²) >= 11 is 1.81. The van der Waals surface area contributed by atoms with Crippen LogP contribution in [0.1, 0.15) is 23.7 Å². The van der Waals surface area contributed by atoms with Crippen LogP contribution in [-0.4, -0.2) is 21.8 Å². The fraction of sp³-hybridized carbons (Fsp3) is 0.238. The highest BCUT2D eigenvalue weighted by atomic mass is 32.2. The Kier molecular flexibility index (Phi) is 4.90. The van der Waals surface area contributed by atoms with E-state index in [2.05, 4.69) is 5.32 Å². The van der Waals surface area contributed by atoms with Gasteiger partial charge >= 0.3 is 0 Å². The lowest BCUT2D eigenvalue weighted by atomic mass is 10.2. The Morgan fingerprint density at radius 2 is 1.89 bits per heavy atom. The summed E-state index contributed by atoms with van der Waals surface area (Å²) in [6.45, 7) is 3.80. The van der Waals surface area contributed by atoms with E-state index in [9.17, 15) is 4.79 Å². The minimum absolute atomic E-state index is 0.187. The van der Waals surface area contributed by atoms with Gasteiger partial charge in [0.25, 0.3) is 5.91 Å². The van der Waals surface area contributed by atoms with Gasteiger partial charge in [0.1, 0.15) is 11.6 Å². The van der Waals surface area contributed by atoms with Gasteiger partial charge in [-0.2, -0.15) is 16.9 Å². The third-order valence-corrected chi connectivity index (χ3v) is 5.53. The molecular weight excluding hydrogens is 358 g/mol. The van der Waals surface area contributed by atoms with E-state index in [1.54, 1.807) is 6.92 Å². The molecule has 4 rings (SSSR count). The molecule has 0 saturated heterocycles. The van der Waals surface area contributed by atoms with Crippen molar-refractivity contribution in [2.24, 2.45) is 0 Å². The topological polar surface area (TPSA) is 56.2 Å². The molecule has 1 atom stereocenters. The maximum Gasteiger partial charge on any atom is 0.266 e. The summed E-state index contributed by atoms with van der Waals surface area (Å²) < 4.78 is 7.62. The largest absolute Gasteiger partial charge is 0.481 e. The Morgan fingerprint density at radius 1 is 1.15 bits per heavy atom. The molecule has 2 heterocycles. The Hall–Kier alpha value is -2.73. The van der Waals surface area contributed by atoms with Crippen LogP contribution >= 0.6 is 11.8 Å². The van der Waals surface area contributed by atoms with Gasteiger partial charge in [0.15, 0.2) is 6.10 Å². The summed E-state index contributed by atoms with van der Waals surface area (Å²) in [5.41, 5.74) is 4.22. The molecule has 0 saturated carbocycles. The fourth-order valence-corrected chi connectivity index (χ4v) is 4.13. The van der Waals surface area contributed by atoms with Crippen molar-refractivity contribution in [3.8, 4) is 11.4 Å². The van der Waals surface area contributed by atoms with Crippen molar-refractivity contribution in [2.45, 2.75) is 31.5 Å². The van der Waals surface area contributed by atoms with Gasteiger partial charge in [0.2, 0.25) is 0 Å². The highest BCUT2D eigenvalue weighted by Gasteiger charge is 2.26. The Morgan fingerprint density at radius 3 is 2.67 bits per heavy atom. The van der Waals surface area contributed by atoms with Crippen molar-refractivity contribution >= 4 is 23.5 Å². The Labute approximate surface area is 162 Å². The number of hydrogen-bond donors (Lipinski definition) is 1. The van der Waals surface area contributed by atoms with Crippen LogP contribution in [0.2, 0.25) is 0 Å². The van der Waals surface area contributed by atoms with Crippen LogP contribution in [0, 0.1) is 6.92 Å². The summed E-state index contributed by atoms with van der Waals surface area (Å²) in [7, 11) is 0. The lowest BCUT2D eigenvalue weighted by Gasteiger charge is -2.17. The molecule has 2 aromatic carbocycles. The molecule has 1 aromatic heterocycles. The van der Waals surface area contributed by atoms with E-state index < -0.39 is 6.10 Å². The summed E-state index contributed by atoms with van der Waals surface area (Å²) in [6.07, 6.45) is -0.614. The number of ether oxygens (including phenoxy) is 1. The number of aromatic nitrogens is 2. The first kappa shape index (κ1) is 17.7. The number of rotatable bonds is 5. The van der Waals surface area contributed by atoms with Crippen molar-refractivity contribution in [3.63, 3.8) is 0 Å². The normalized spacial score (nSPS) is 13.9. The zero-order valence-corrected chi connectivity index (χ0v) is 16.1. The highest BCUT2D eigenvalue weighted by molar-refractivity contribution is 7.98. The molecular formula is C21H21N3O2S. The first-order valence-corrected chi connectivity index (χ1v) is 10.1. The first-order valence-electron chi connectivity index (χ1n) is 8.90. The summed E-state index contributed by atoms with van der Waals surface area (Å²) in [5, 5.41) is 7.82. The van der Waals surface area contributed by atoms with Gasteiger partial charge in [-0.3, -0.25) is 4.79 Å². The van der Waals surface area contributed by atoms with E-state index >= 15 is 0 Å². The smallest absolute Gasteiger partial charge is 0.266 e. The fourth-order valence-electron chi connectivity index (χ4n) is 3.09. The van der Waals surface area contributed by atoms with E-state index in [1.807, 2.05) is 78.0 Å². The van der Waals surface area contributed by atoms with Crippen LogP contribution in [-0.2, 0) is 16.3 Å². The molecule has 6 heteroatoms. The molecule has 0 unspecified atom stereocenters. The molecule has 0 aliphatic carbocycles. The third kappa shape index (κ3) is 3.57. The van der Waals surface area contributed by atoms with Crippen molar-refractivity contribution in [3.05, 3.63) is 71.4 Å². The molecule has 1 amide bonds. The predicted molar refractivity (Wildman–Crippen MR) is 108 cm³/mol. The lowest BCUT2D eigenvalue weighted by molar-refractivity contribution is -0.122. The monoisotopic (exact) mass is 379 g/mol. The van der Waals surface area contributed by atoms with Gasteiger partial charge in [0.05, 0.1) is 11.4 Å². The van der Waals surface area contributed by atoms with E-state index in [0.717, 1.165) is 39.8 Å². The molecule has 0 spiro atoms. The number of anilines is 1. The second kappa shape index (κ2) is 7.48. The standard InChI is InChI=1S/C21H21N3O2S/c1-14-8-6-7-11-19(14)24-20(17-12-27-13-18(17)23-24)22-21(25)15(2)26-16-9-4-3-5-10-16/h3-11,15H,12-13H2,1-2H3,(H,22,25)/t15-/m1/s1. The zero-order chi connectivity index (χ0) is 18.8. The van der Waals surface area contributed by atoms with E-state index in [1.165, 1.54) is 0 Å². The summed E-state index contributed by atoms with van der Waals surface area (Å²) in [6, 6.07) is 17.4. The van der Waals surface area contributed by atoms with E-state index in [0.29, 0.717) is 5.75 Å². The Bertz CT molecular complexity index is 969. The van der Waals surface area contributed by atoms with Crippen LogP contribution in [0.25, 0.3) is 5.69 Å². The van der Waals surface area contributed by atoms with Crippen LogP contribution < -0.4 is 10.1 Å². The number of para-hydroxylation sites is 2. The summed E-state index contributed by atoms with van der Waals surface area (Å²) in [5.74, 6) is 2.96. The second-order valence-electron chi connectivity index (χ2n) is 6.53. The number of benzene rings is 2. The number of fused-ring (bicyclic) bond motifs is 1.